The molecule has 0 saturated carbocycles. The van der Waals surface area contributed by atoms with Crippen LogP contribution in [-0.4, -0.2) is 52.5 Å². The lowest BCUT2D eigenvalue weighted by Gasteiger charge is -2.19. The fraction of sp³-hybridized carbons (Fsp3) is 0.207. The molecule has 0 saturated heterocycles. The molecular formula is C29H28N8. The van der Waals surface area contributed by atoms with Crippen molar-refractivity contribution in [2.24, 2.45) is 0 Å². The summed E-state index contributed by atoms with van der Waals surface area (Å²) in [5.41, 5.74) is 7.73. The van der Waals surface area contributed by atoms with Crippen LogP contribution in [0.15, 0.2) is 79.4 Å². The number of nitrogens with one attached hydrogen (secondary N) is 1. The molecular weight excluding hydrogens is 460 g/mol. The molecule has 8 nitrogen and oxygen atoms in total. The summed E-state index contributed by atoms with van der Waals surface area (Å²) >= 11 is 0. The number of likely N-dealkylation sites (N-methyl/N-ethyl adjacent to an activating group) is 1. The van der Waals surface area contributed by atoms with Gasteiger partial charge in [0.1, 0.15) is 12.2 Å². The first-order valence-electron chi connectivity index (χ1n) is 12.6. The molecule has 5 aromatic heterocycles. The largest absolute Gasteiger partial charge is 0.339 e. The molecule has 0 atom stereocenters. The lowest BCUT2D eigenvalue weighted by Crippen LogP contribution is -2.26. The first-order chi connectivity index (χ1) is 18.2. The highest BCUT2D eigenvalue weighted by Crippen LogP contribution is 2.30. The Morgan fingerprint density at radius 2 is 1.86 bits per heavy atom. The Balaban J connectivity index is 1.30. The number of aromatic nitrogens is 7. The number of hydrogen-bond donors (Lipinski definition) is 1. The van der Waals surface area contributed by atoms with Gasteiger partial charge in [0.05, 0.1) is 29.1 Å². The third-order valence-electron chi connectivity index (χ3n) is 6.70. The van der Waals surface area contributed by atoms with E-state index in [2.05, 4.69) is 56.1 Å². The quantitative estimate of drug-likeness (QED) is 0.321. The number of H-pyrrole nitrogens is 1. The van der Waals surface area contributed by atoms with E-state index >= 15 is 0 Å². The van der Waals surface area contributed by atoms with Crippen molar-refractivity contribution in [2.75, 3.05) is 13.1 Å². The van der Waals surface area contributed by atoms with E-state index in [9.17, 15) is 0 Å². The van der Waals surface area contributed by atoms with Crippen molar-refractivity contribution in [3.63, 3.8) is 0 Å². The van der Waals surface area contributed by atoms with Gasteiger partial charge >= 0.3 is 0 Å². The molecule has 1 N–H and O–H groups in total. The molecule has 0 spiro atoms. The van der Waals surface area contributed by atoms with Crippen molar-refractivity contribution >= 4 is 16.6 Å². The Labute approximate surface area is 215 Å². The smallest absolute Gasteiger partial charge is 0.155 e. The normalized spacial score (nSPS) is 11.6. The van der Waals surface area contributed by atoms with Gasteiger partial charge in [-0.3, -0.25) is 14.9 Å². The second-order valence-corrected chi connectivity index (χ2v) is 9.16. The molecule has 6 rings (SSSR count). The predicted molar refractivity (Wildman–Crippen MR) is 145 cm³/mol. The third kappa shape index (κ3) is 4.71. The van der Waals surface area contributed by atoms with Crippen LogP contribution in [0.25, 0.3) is 39.2 Å². The fourth-order valence-electron chi connectivity index (χ4n) is 4.74. The zero-order valence-corrected chi connectivity index (χ0v) is 21.0. The third-order valence-corrected chi connectivity index (χ3v) is 6.70. The Bertz CT molecular complexity index is 1680. The number of imidazole rings is 1. The molecule has 5 heterocycles. The van der Waals surface area contributed by atoms with Gasteiger partial charge in [-0.05, 0) is 61.9 Å². The molecule has 0 aliphatic rings. The molecule has 0 aliphatic carbocycles. The molecule has 37 heavy (non-hydrogen) atoms. The van der Waals surface area contributed by atoms with Gasteiger partial charge in [-0.25, -0.2) is 14.5 Å². The molecule has 184 valence electrons. The van der Waals surface area contributed by atoms with Crippen molar-refractivity contribution in [3.8, 4) is 22.6 Å². The van der Waals surface area contributed by atoms with E-state index < -0.39 is 0 Å². The van der Waals surface area contributed by atoms with Gasteiger partial charge in [0.25, 0.3) is 0 Å². The van der Waals surface area contributed by atoms with Gasteiger partial charge in [0.15, 0.2) is 5.65 Å². The summed E-state index contributed by atoms with van der Waals surface area (Å²) in [6.45, 7) is 6.75. The minimum absolute atomic E-state index is 0.712. The number of fused-ring (bicyclic) bond motifs is 2. The Hall–Kier alpha value is -4.43. The zero-order valence-electron chi connectivity index (χ0n) is 21.0. The molecule has 6 aromatic rings. The van der Waals surface area contributed by atoms with Crippen LogP contribution in [-0.2, 0) is 13.0 Å². The van der Waals surface area contributed by atoms with E-state index in [1.165, 1.54) is 10.9 Å². The minimum atomic E-state index is 0.712. The summed E-state index contributed by atoms with van der Waals surface area (Å²) < 4.78 is 1.77. The topological polar surface area (TPSA) is 87.9 Å². The summed E-state index contributed by atoms with van der Waals surface area (Å²) in [4.78, 5) is 24.6. The van der Waals surface area contributed by atoms with Crippen molar-refractivity contribution in [2.45, 2.75) is 26.8 Å². The molecule has 0 bridgehead atoms. The van der Waals surface area contributed by atoms with E-state index in [1.54, 1.807) is 10.8 Å². The fourth-order valence-corrected chi connectivity index (χ4v) is 4.74. The van der Waals surface area contributed by atoms with Gasteiger partial charge in [0, 0.05) is 35.6 Å². The maximum atomic E-state index is 5.06. The second kappa shape index (κ2) is 9.91. The first kappa shape index (κ1) is 23.0. The van der Waals surface area contributed by atoms with Crippen LogP contribution in [0, 0.1) is 6.92 Å². The van der Waals surface area contributed by atoms with Gasteiger partial charge in [0.2, 0.25) is 0 Å². The molecule has 8 heteroatoms. The summed E-state index contributed by atoms with van der Waals surface area (Å²) in [5.74, 6) is 0.911. The Morgan fingerprint density at radius 1 is 0.946 bits per heavy atom. The Morgan fingerprint density at radius 3 is 2.76 bits per heavy atom. The predicted octanol–water partition coefficient (Wildman–Crippen LogP) is 5.10. The van der Waals surface area contributed by atoms with E-state index in [1.807, 2.05) is 55.7 Å². The average Bonchev–Trinajstić information content (AvgIpc) is 3.57. The summed E-state index contributed by atoms with van der Waals surface area (Å²) in [5, 5.41) is 5.52. The van der Waals surface area contributed by atoms with Gasteiger partial charge in [-0.2, -0.15) is 5.10 Å². The van der Waals surface area contributed by atoms with E-state index in [-0.39, 0.29) is 0 Å². The van der Waals surface area contributed by atoms with Crippen LogP contribution in [0.1, 0.15) is 24.0 Å². The lowest BCUT2D eigenvalue weighted by molar-refractivity contribution is 0.277. The number of benzene rings is 1. The zero-order chi connectivity index (χ0) is 25.2. The average molecular weight is 489 g/mol. The van der Waals surface area contributed by atoms with Gasteiger partial charge in [-0.15, -0.1) is 0 Å². The highest BCUT2D eigenvalue weighted by Gasteiger charge is 2.18. The molecule has 1 aromatic carbocycles. The number of para-hydroxylation sites is 1. The van der Waals surface area contributed by atoms with E-state index in [0.29, 0.717) is 6.54 Å². The van der Waals surface area contributed by atoms with E-state index in [4.69, 9.17) is 9.97 Å². The van der Waals surface area contributed by atoms with E-state index in [0.717, 1.165) is 64.8 Å². The lowest BCUT2D eigenvalue weighted by atomic mass is 10.1. The summed E-state index contributed by atoms with van der Waals surface area (Å²) in [7, 11) is 0. The van der Waals surface area contributed by atoms with Gasteiger partial charge in [-0.1, -0.05) is 31.2 Å². The maximum Gasteiger partial charge on any atom is 0.155 e. The highest BCUT2D eigenvalue weighted by molar-refractivity contribution is 5.81. The molecule has 0 amide bonds. The molecule has 0 aliphatic heterocycles. The molecule has 0 fully saturated rings. The minimum Gasteiger partial charge on any atom is -0.339 e. The molecule has 0 radical (unpaired) electrons. The van der Waals surface area contributed by atoms with Crippen LogP contribution in [0.4, 0.5) is 0 Å². The van der Waals surface area contributed by atoms with Crippen molar-refractivity contribution in [1.82, 2.24) is 39.4 Å². The highest BCUT2D eigenvalue weighted by atomic mass is 15.3. The van der Waals surface area contributed by atoms with Gasteiger partial charge < -0.3 is 4.98 Å². The van der Waals surface area contributed by atoms with Crippen LogP contribution >= 0.6 is 0 Å². The summed E-state index contributed by atoms with van der Waals surface area (Å²) in [6, 6.07) is 20.5. The van der Waals surface area contributed by atoms with Crippen LogP contribution < -0.4 is 0 Å². The number of hydrogen-bond acceptors (Lipinski definition) is 6. The SMILES string of the molecule is CCN(CCc1ccnc2ccccc12)Cc1nc(-c2ccc3ncnn3c2)c(-c2cccc(C)n2)[nH]1. The first-order valence-corrected chi connectivity index (χ1v) is 12.6. The number of aryl methyl sites for hydroxylation is 1. The maximum absolute atomic E-state index is 5.06. The van der Waals surface area contributed by atoms with Crippen LogP contribution in [0.5, 0.6) is 0 Å². The number of aromatic amines is 1. The van der Waals surface area contributed by atoms with Crippen LogP contribution in [0.2, 0.25) is 0 Å². The van der Waals surface area contributed by atoms with Crippen molar-refractivity contribution in [1.29, 1.82) is 0 Å². The Kier molecular flexibility index (Phi) is 6.16. The van der Waals surface area contributed by atoms with Crippen molar-refractivity contribution < 1.29 is 0 Å². The van der Waals surface area contributed by atoms with Crippen LogP contribution in [0.3, 0.4) is 0 Å². The number of pyridine rings is 3. The van der Waals surface area contributed by atoms with Crippen molar-refractivity contribution in [3.05, 3.63) is 96.5 Å². The second-order valence-electron chi connectivity index (χ2n) is 9.16. The number of nitrogens with zero attached hydrogens (tertiary/aromatic N) is 7. The standard InChI is InChI=1S/C29H28N8/c1-3-36(16-14-21-13-15-30-24-9-5-4-8-23(21)24)18-26-34-28(22-11-12-27-31-19-32-37(27)17-22)29(35-26)25-10-6-7-20(2)33-25/h4-13,15,17,19H,3,14,16,18H2,1-2H3,(H,34,35). The summed E-state index contributed by atoms with van der Waals surface area (Å²) in [6.07, 6.45) is 6.37. The monoisotopic (exact) mass is 488 g/mol. The number of rotatable bonds is 8. The molecule has 0 unspecified atom stereocenters.